The van der Waals surface area contributed by atoms with Gasteiger partial charge >= 0.3 is 0 Å². The molecule has 2 aromatic carbocycles. The highest BCUT2D eigenvalue weighted by Gasteiger charge is 2.33. The second-order valence-corrected chi connectivity index (χ2v) is 7.42. The van der Waals surface area contributed by atoms with E-state index in [9.17, 15) is 14.4 Å². The van der Waals surface area contributed by atoms with E-state index < -0.39 is 0 Å². The average Bonchev–Trinajstić information content (AvgIpc) is 2.93. The molecule has 0 radical (unpaired) electrons. The predicted molar refractivity (Wildman–Crippen MR) is 106 cm³/mol. The van der Waals surface area contributed by atoms with E-state index in [0.717, 1.165) is 35.8 Å². The molecule has 3 amide bonds. The standard InChI is InChI=1S/C22H23N3O3/c1-24-21(27)18-9-8-16(13-19(18)22(24)28)20(26)23-17-7-5-6-15(12-17)14-25-10-3-2-4-11-25/h5-9,12-13H,2-4,10-11,14H2,1H3,(H,23,26). The van der Waals surface area contributed by atoms with Crippen LogP contribution in [0.25, 0.3) is 0 Å². The van der Waals surface area contributed by atoms with Gasteiger partial charge in [0.05, 0.1) is 11.1 Å². The number of piperidine rings is 1. The van der Waals surface area contributed by atoms with Crippen LogP contribution in [0, 0.1) is 0 Å². The summed E-state index contributed by atoms with van der Waals surface area (Å²) in [5, 5.41) is 2.90. The molecule has 2 aromatic rings. The molecule has 0 saturated carbocycles. The maximum Gasteiger partial charge on any atom is 0.261 e. The number of likely N-dealkylation sites (tertiary alicyclic amines) is 1. The van der Waals surface area contributed by atoms with E-state index in [-0.39, 0.29) is 23.3 Å². The van der Waals surface area contributed by atoms with Crippen LogP contribution in [0.4, 0.5) is 5.69 Å². The molecule has 2 heterocycles. The molecule has 6 heteroatoms. The predicted octanol–water partition coefficient (Wildman–Crippen LogP) is 3.15. The van der Waals surface area contributed by atoms with Gasteiger partial charge in [-0.15, -0.1) is 0 Å². The third kappa shape index (κ3) is 3.55. The zero-order valence-corrected chi connectivity index (χ0v) is 15.9. The Hall–Kier alpha value is -2.99. The summed E-state index contributed by atoms with van der Waals surface area (Å²) in [6.07, 6.45) is 3.79. The van der Waals surface area contributed by atoms with E-state index in [1.54, 1.807) is 12.1 Å². The summed E-state index contributed by atoms with van der Waals surface area (Å²) in [4.78, 5) is 40.3. The van der Waals surface area contributed by atoms with Crippen molar-refractivity contribution in [3.63, 3.8) is 0 Å². The minimum atomic E-state index is -0.377. The van der Waals surface area contributed by atoms with Gasteiger partial charge in [0.25, 0.3) is 17.7 Å². The number of nitrogens with one attached hydrogen (secondary N) is 1. The minimum Gasteiger partial charge on any atom is -0.322 e. The monoisotopic (exact) mass is 377 g/mol. The van der Waals surface area contributed by atoms with Gasteiger partial charge in [0.15, 0.2) is 0 Å². The van der Waals surface area contributed by atoms with Crippen LogP contribution >= 0.6 is 0 Å². The van der Waals surface area contributed by atoms with Gasteiger partial charge in [0.2, 0.25) is 0 Å². The second kappa shape index (κ2) is 7.56. The van der Waals surface area contributed by atoms with Gasteiger partial charge < -0.3 is 5.32 Å². The number of hydrogen-bond donors (Lipinski definition) is 1. The zero-order valence-electron chi connectivity index (χ0n) is 15.9. The lowest BCUT2D eigenvalue weighted by Gasteiger charge is -2.26. The van der Waals surface area contributed by atoms with Crippen molar-refractivity contribution in [3.8, 4) is 0 Å². The SMILES string of the molecule is CN1C(=O)c2ccc(C(=O)Nc3cccc(CN4CCCCC4)c3)cc2C1=O. The molecule has 0 atom stereocenters. The van der Waals surface area contributed by atoms with Crippen molar-refractivity contribution >= 4 is 23.4 Å². The Morgan fingerprint density at radius 2 is 1.71 bits per heavy atom. The molecular formula is C22H23N3O3. The number of carbonyl (C=O) groups excluding carboxylic acids is 3. The zero-order chi connectivity index (χ0) is 19.7. The van der Waals surface area contributed by atoms with Crippen molar-refractivity contribution in [2.24, 2.45) is 0 Å². The smallest absolute Gasteiger partial charge is 0.261 e. The first kappa shape index (κ1) is 18.4. The van der Waals surface area contributed by atoms with Crippen LogP contribution in [-0.4, -0.2) is 47.7 Å². The number of fused-ring (bicyclic) bond motifs is 1. The average molecular weight is 377 g/mol. The topological polar surface area (TPSA) is 69.7 Å². The molecule has 1 N–H and O–H groups in total. The maximum absolute atomic E-state index is 12.7. The van der Waals surface area contributed by atoms with E-state index >= 15 is 0 Å². The van der Waals surface area contributed by atoms with Crippen molar-refractivity contribution in [1.29, 1.82) is 0 Å². The lowest BCUT2D eigenvalue weighted by atomic mass is 10.0. The summed E-state index contributed by atoms with van der Waals surface area (Å²) in [7, 11) is 1.44. The number of benzene rings is 2. The van der Waals surface area contributed by atoms with Crippen molar-refractivity contribution in [1.82, 2.24) is 9.80 Å². The van der Waals surface area contributed by atoms with Crippen molar-refractivity contribution in [3.05, 3.63) is 64.7 Å². The summed E-state index contributed by atoms with van der Waals surface area (Å²) >= 11 is 0. The van der Waals surface area contributed by atoms with E-state index in [1.807, 2.05) is 18.2 Å². The van der Waals surface area contributed by atoms with Crippen molar-refractivity contribution in [2.75, 3.05) is 25.5 Å². The number of carbonyl (C=O) groups is 3. The first-order valence-electron chi connectivity index (χ1n) is 9.62. The van der Waals surface area contributed by atoms with Gasteiger partial charge in [0, 0.05) is 24.8 Å². The molecule has 0 unspecified atom stereocenters. The third-order valence-corrected chi connectivity index (χ3v) is 5.39. The fourth-order valence-corrected chi connectivity index (χ4v) is 3.83. The number of imide groups is 1. The lowest BCUT2D eigenvalue weighted by Crippen LogP contribution is -2.29. The minimum absolute atomic E-state index is 0.277. The van der Waals surface area contributed by atoms with Crippen LogP contribution in [0.2, 0.25) is 0 Å². The van der Waals surface area contributed by atoms with Crippen LogP contribution < -0.4 is 5.32 Å². The molecule has 28 heavy (non-hydrogen) atoms. The van der Waals surface area contributed by atoms with Gasteiger partial charge in [-0.2, -0.15) is 0 Å². The van der Waals surface area contributed by atoms with E-state index in [2.05, 4.69) is 16.3 Å². The summed E-state index contributed by atoms with van der Waals surface area (Å²) in [5.74, 6) is -1.01. The highest BCUT2D eigenvalue weighted by molar-refractivity contribution is 6.22. The van der Waals surface area contributed by atoms with E-state index in [1.165, 1.54) is 32.4 Å². The number of nitrogens with zero attached hydrogens (tertiary/aromatic N) is 2. The Bertz CT molecular complexity index is 948. The van der Waals surface area contributed by atoms with Gasteiger partial charge in [-0.25, -0.2) is 0 Å². The van der Waals surface area contributed by atoms with Gasteiger partial charge in [-0.3, -0.25) is 24.2 Å². The van der Waals surface area contributed by atoms with E-state index in [4.69, 9.17) is 0 Å². The van der Waals surface area contributed by atoms with Gasteiger partial charge in [0.1, 0.15) is 0 Å². The van der Waals surface area contributed by atoms with Crippen LogP contribution in [0.5, 0.6) is 0 Å². The number of amides is 3. The Morgan fingerprint density at radius 3 is 2.50 bits per heavy atom. The molecular weight excluding hydrogens is 354 g/mol. The highest BCUT2D eigenvalue weighted by Crippen LogP contribution is 2.23. The first-order chi connectivity index (χ1) is 13.5. The Balaban J connectivity index is 1.48. The molecule has 0 spiro atoms. The van der Waals surface area contributed by atoms with Crippen LogP contribution in [0.15, 0.2) is 42.5 Å². The third-order valence-electron chi connectivity index (χ3n) is 5.39. The van der Waals surface area contributed by atoms with Gasteiger partial charge in [-0.05, 0) is 61.8 Å². The normalized spacial score (nSPS) is 17.0. The number of hydrogen-bond acceptors (Lipinski definition) is 4. The summed E-state index contributed by atoms with van der Waals surface area (Å²) in [6, 6.07) is 12.5. The summed E-state index contributed by atoms with van der Waals surface area (Å²) in [6.45, 7) is 3.12. The van der Waals surface area contributed by atoms with Crippen LogP contribution in [-0.2, 0) is 6.54 Å². The van der Waals surface area contributed by atoms with E-state index in [0.29, 0.717) is 11.1 Å². The molecule has 0 aliphatic carbocycles. The number of rotatable bonds is 4. The fraction of sp³-hybridized carbons (Fsp3) is 0.318. The molecule has 2 aliphatic heterocycles. The Kier molecular flexibility index (Phi) is 4.96. The quantitative estimate of drug-likeness (QED) is 0.831. The van der Waals surface area contributed by atoms with Crippen LogP contribution in [0.1, 0.15) is 55.9 Å². The molecule has 144 valence electrons. The molecule has 1 fully saturated rings. The largest absolute Gasteiger partial charge is 0.322 e. The summed E-state index contributed by atoms with van der Waals surface area (Å²) in [5.41, 5.74) is 2.86. The first-order valence-corrected chi connectivity index (χ1v) is 9.62. The molecule has 6 nitrogen and oxygen atoms in total. The lowest BCUT2D eigenvalue weighted by molar-refractivity contribution is 0.0693. The molecule has 2 aliphatic rings. The highest BCUT2D eigenvalue weighted by atomic mass is 16.2. The molecule has 4 rings (SSSR count). The second-order valence-electron chi connectivity index (χ2n) is 7.42. The molecule has 1 saturated heterocycles. The molecule has 0 aromatic heterocycles. The van der Waals surface area contributed by atoms with Crippen molar-refractivity contribution in [2.45, 2.75) is 25.8 Å². The van der Waals surface area contributed by atoms with Crippen LogP contribution in [0.3, 0.4) is 0 Å². The Morgan fingerprint density at radius 1 is 0.964 bits per heavy atom. The maximum atomic E-state index is 12.7. The summed E-state index contributed by atoms with van der Waals surface area (Å²) < 4.78 is 0. The fourth-order valence-electron chi connectivity index (χ4n) is 3.83. The van der Waals surface area contributed by atoms with Gasteiger partial charge in [-0.1, -0.05) is 18.6 Å². The van der Waals surface area contributed by atoms with Crippen molar-refractivity contribution < 1.29 is 14.4 Å². The Labute approximate surface area is 164 Å². The number of anilines is 1. The molecule has 0 bridgehead atoms.